The topological polar surface area (TPSA) is 57.6 Å². The van der Waals surface area contributed by atoms with Crippen LogP contribution in [0, 0.1) is 0 Å². The Balaban J connectivity index is 2.33. The first kappa shape index (κ1) is 9.49. The van der Waals surface area contributed by atoms with Crippen molar-refractivity contribution in [2.24, 2.45) is 0 Å². The number of hydrogen-bond donors (Lipinski definition) is 1. The zero-order valence-electron chi connectivity index (χ0n) is 8.16. The highest BCUT2D eigenvalue weighted by atomic mass is 16.4. The molecule has 2 rings (SSSR count). The van der Waals surface area contributed by atoms with E-state index in [4.69, 9.17) is 0 Å². The maximum atomic E-state index is 11.7. The van der Waals surface area contributed by atoms with Gasteiger partial charge in [-0.3, -0.25) is 4.79 Å². The molecule has 1 amide bonds. The molecule has 0 aliphatic carbocycles. The zero-order chi connectivity index (χ0) is 10.2. The minimum absolute atomic E-state index is 0.0300. The van der Waals surface area contributed by atoms with Gasteiger partial charge in [-0.15, -0.1) is 0 Å². The van der Waals surface area contributed by atoms with Gasteiger partial charge in [-0.2, -0.15) is 0 Å². The number of amides is 1. The Hall–Kier alpha value is -1.06. The number of carbonyl (C=O) groups is 2. The summed E-state index contributed by atoms with van der Waals surface area (Å²) in [6.07, 6.45) is 4.31. The molecule has 0 unspecified atom stereocenters. The smallest absolute Gasteiger partial charge is 0.329 e. The van der Waals surface area contributed by atoms with Gasteiger partial charge < -0.3 is 10.0 Å². The SMILES string of the molecule is O=C1CCCC[C@@]2(C(=O)O)CCCN12. The lowest BCUT2D eigenvalue weighted by atomic mass is 9.91. The van der Waals surface area contributed by atoms with Crippen LogP contribution in [0.3, 0.4) is 0 Å². The molecule has 2 heterocycles. The van der Waals surface area contributed by atoms with Crippen molar-refractivity contribution < 1.29 is 14.7 Å². The van der Waals surface area contributed by atoms with Crippen LogP contribution in [0.4, 0.5) is 0 Å². The molecular formula is C10H15NO3. The number of nitrogens with zero attached hydrogens (tertiary/aromatic N) is 1. The van der Waals surface area contributed by atoms with Gasteiger partial charge in [0.2, 0.25) is 5.91 Å². The first-order valence-electron chi connectivity index (χ1n) is 5.21. The molecule has 0 radical (unpaired) electrons. The second-order valence-electron chi connectivity index (χ2n) is 4.19. The van der Waals surface area contributed by atoms with E-state index in [1.165, 1.54) is 0 Å². The lowest BCUT2D eigenvalue weighted by molar-refractivity contribution is -0.156. The third-order valence-electron chi connectivity index (χ3n) is 3.42. The summed E-state index contributed by atoms with van der Waals surface area (Å²) in [5.74, 6) is -0.785. The Bertz CT molecular complexity index is 277. The van der Waals surface area contributed by atoms with Crippen LogP contribution >= 0.6 is 0 Å². The molecule has 14 heavy (non-hydrogen) atoms. The molecule has 78 valence electrons. The quantitative estimate of drug-likeness (QED) is 0.682. The Labute approximate surface area is 82.9 Å². The fraction of sp³-hybridized carbons (Fsp3) is 0.800. The molecule has 0 saturated carbocycles. The number of aliphatic carboxylic acids is 1. The van der Waals surface area contributed by atoms with Crippen molar-refractivity contribution in [2.75, 3.05) is 6.54 Å². The molecule has 0 bridgehead atoms. The minimum atomic E-state index is -0.854. The number of carboxylic acid groups (broad SMARTS) is 1. The van der Waals surface area contributed by atoms with Gasteiger partial charge in [-0.05, 0) is 32.1 Å². The lowest BCUT2D eigenvalue weighted by Gasteiger charge is -2.32. The summed E-state index contributed by atoms with van der Waals surface area (Å²) in [6, 6.07) is 0. The lowest BCUT2D eigenvalue weighted by Crippen LogP contribution is -2.51. The van der Waals surface area contributed by atoms with Crippen molar-refractivity contribution in [3.05, 3.63) is 0 Å². The first-order valence-corrected chi connectivity index (χ1v) is 5.21. The molecule has 2 aliphatic rings. The van der Waals surface area contributed by atoms with Crippen LogP contribution < -0.4 is 0 Å². The third kappa shape index (κ3) is 1.21. The van der Waals surface area contributed by atoms with Crippen LogP contribution in [-0.2, 0) is 9.59 Å². The van der Waals surface area contributed by atoms with Crippen LogP contribution in [0.1, 0.15) is 38.5 Å². The molecule has 2 fully saturated rings. The largest absolute Gasteiger partial charge is 0.479 e. The van der Waals surface area contributed by atoms with Crippen molar-refractivity contribution in [1.29, 1.82) is 0 Å². The van der Waals surface area contributed by atoms with Crippen molar-refractivity contribution >= 4 is 11.9 Å². The highest BCUT2D eigenvalue weighted by molar-refractivity contribution is 5.88. The monoisotopic (exact) mass is 197 g/mol. The maximum Gasteiger partial charge on any atom is 0.329 e. The fourth-order valence-electron chi connectivity index (χ4n) is 2.66. The number of carboxylic acids is 1. The second kappa shape index (κ2) is 3.26. The second-order valence-corrected chi connectivity index (χ2v) is 4.19. The first-order chi connectivity index (χ1) is 6.67. The van der Waals surface area contributed by atoms with E-state index in [2.05, 4.69) is 0 Å². The van der Waals surface area contributed by atoms with Gasteiger partial charge in [0.15, 0.2) is 0 Å². The van der Waals surface area contributed by atoms with Gasteiger partial charge in [0, 0.05) is 13.0 Å². The van der Waals surface area contributed by atoms with Gasteiger partial charge in [0.1, 0.15) is 5.54 Å². The average Bonchev–Trinajstić information content (AvgIpc) is 2.51. The summed E-state index contributed by atoms with van der Waals surface area (Å²) in [4.78, 5) is 24.5. The Kier molecular flexibility index (Phi) is 2.21. The molecule has 0 spiro atoms. The minimum Gasteiger partial charge on any atom is -0.479 e. The van der Waals surface area contributed by atoms with Crippen LogP contribution in [0.2, 0.25) is 0 Å². The van der Waals surface area contributed by atoms with Crippen molar-refractivity contribution in [3.8, 4) is 0 Å². The van der Waals surface area contributed by atoms with E-state index in [0.717, 1.165) is 19.3 Å². The molecule has 4 nitrogen and oxygen atoms in total. The molecule has 1 atom stereocenters. The summed E-state index contributed by atoms with van der Waals surface area (Å²) < 4.78 is 0. The van der Waals surface area contributed by atoms with Crippen molar-refractivity contribution in [3.63, 3.8) is 0 Å². The van der Waals surface area contributed by atoms with E-state index in [-0.39, 0.29) is 5.91 Å². The standard InChI is InChI=1S/C10H15NO3/c12-8-4-1-2-5-10(9(13)14)6-3-7-11(8)10/h1-7H2,(H,13,14)/t10-/m0/s1. The van der Waals surface area contributed by atoms with Gasteiger partial charge in [-0.1, -0.05) is 0 Å². The van der Waals surface area contributed by atoms with Gasteiger partial charge in [0.05, 0.1) is 0 Å². The van der Waals surface area contributed by atoms with Crippen LogP contribution in [0.5, 0.6) is 0 Å². The number of hydrogen-bond acceptors (Lipinski definition) is 2. The normalized spacial score (nSPS) is 32.6. The van der Waals surface area contributed by atoms with Crippen LogP contribution in [0.15, 0.2) is 0 Å². The molecule has 1 N–H and O–H groups in total. The summed E-state index contributed by atoms with van der Waals surface area (Å²) in [7, 11) is 0. The van der Waals surface area contributed by atoms with E-state index in [1.807, 2.05) is 0 Å². The molecule has 4 heteroatoms. The highest BCUT2D eigenvalue weighted by Gasteiger charge is 2.50. The van der Waals surface area contributed by atoms with Crippen LogP contribution in [-0.4, -0.2) is 34.0 Å². The summed E-state index contributed by atoms with van der Waals surface area (Å²) in [5.41, 5.74) is -0.854. The number of fused-ring (bicyclic) bond motifs is 1. The fourth-order valence-corrected chi connectivity index (χ4v) is 2.66. The van der Waals surface area contributed by atoms with E-state index in [9.17, 15) is 14.7 Å². The number of carbonyl (C=O) groups excluding carboxylic acids is 1. The van der Waals surface area contributed by atoms with Crippen molar-refractivity contribution in [1.82, 2.24) is 4.90 Å². The summed E-state index contributed by atoms with van der Waals surface area (Å²) in [5, 5.41) is 9.25. The summed E-state index contributed by atoms with van der Waals surface area (Å²) >= 11 is 0. The van der Waals surface area contributed by atoms with Gasteiger partial charge in [-0.25, -0.2) is 4.79 Å². The molecule has 0 aromatic carbocycles. The Morgan fingerprint density at radius 1 is 1.29 bits per heavy atom. The highest BCUT2D eigenvalue weighted by Crippen LogP contribution is 2.37. The third-order valence-corrected chi connectivity index (χ3v) is 3.42. The predicted molar refractivity (Wildman–Crippen MR) is 49.8 cm³/mol. The molecule has 2 aliphatic heterocycles. The van der Waals surface area contributed by atoms with Gasteiger partial charge >= 0.3 is 5.97 Å². The molecule has 0 aromatic rings. The Morgan fingerprint density at radius 3 is 2.71 bits per heavy atom. The average molecular weight is 197 g/mol. The molecule has 0 aromatic heterocycles. The van der Waals surface area contributed by atoms with Crippen LogP contribution in [0.25, 0.3) is 0 Å². The molecular weight excluding hydrogens is 182 g/mol. The summed E-state index contributed by atoms with van der Waals surface area (Å²) in [6.45, 7) is 0.630. The zero-order valence-corrected chi connectivity index (χ0v) is 8.16. The van der Waals surface area contributed by atoms with E-state index >= 15 is 0 Å². The van der Waals surface area contributed by atoms with E-state index in [1.54, 1.807) is 4.90 Å². The van der Waals surface area contributed by atoms with Crippen molar-refractivity contribution in [2.45, 2.75) is 44.1 Å². The van der Waals surface area contributed by atoms with E-state index in [0.29, 0.717) is 25.8 Å². The maximum absolute atomic E-state index is 11.7. The predicted octanol–water partition coefficient (Wildman–Crippen LogP) is 1.01. The number of rotatable bonds is 1. The Morgan fingerprint density at radius 2 is 2.00 bits per heavy atom. The van der Waals surface area contributed by atoms with Gasteiger partial charge in [0.25, 0.3) is 0 Å². The molecule has 2 saturated heterocycles. The van der Waals surface area contributed by atoms with E-state index < -0.39 is 11.5 Å².